The number of methoxy groups -OCH3 is 2. The molecule has 0 saturated heterocycles. The molecule has 44 heavy (non-hydrogen) atoms. The monoisotopic (exact) mass is 621 g/mol. The van der Waals surface area contributed by atoms with Gasteiger partial charge in [-0.2, -0.15) is 0 Å². The van der Waals surface area contributed by atoms with Crippen LogP contribution >= 0.6 is 0 Å². The lowest BCUT2D eigenvalue weighted by atomic mass is 9.94. The number of hydrogen-bond donors (Lipinski definition) is 1. The number of allylic oxidation sites excluding steroid dienone is 6. The number of carbonyl (C=O) groups is 2. The molecular formula is C38H68O6. The fourth-order valence-electron chi connectivity index (χ4n) is 4.62. The van der Waals surface area contributed by atoms with Crippen LogP contribution in [0.3, 0.4) is 0 Å². The van der Waals surface area contributed by atoms with Gasteiger partial charge in [-0.25, -0.2) is 9.59 Å². The fraction of sp³-hybridized carbons (Fsp3) is 0.737. The quantitative estimate of drug-likeness (QED) is 0.0828. The van der Waals surface area contributed by atoms with Crippen LogP contribution in [-0.4, -0.2) is 48.6 Å². The summed E-state index contributed by atoms with van der Waals surface area (Å²) in [6.07, 6.45) is 18.5. The zero-order valence-corrected chi connectivity index (χ0v) is 30.8. The standard InChI is InChI=1S/2C19H34O3/c1-14(2)17(18(20)21)16(4)12-8-10-15(3)11-9-13-19(5,6)22-7;1-15(2)22-18(20)14-17(4)11-8-10-16(3)12-9-13-19(5,6)21-7/h8,12,14-15H,9-11,13H2,1-7H3,(H,20,21);8,11,14-16H,9-10,12-13H2,1-7H3/b;11-8+,17-14+. The van der Waals surface area contributed by atoms with Crippen LogP contribution in [0, 0.1) is 17.8 Å². The maximum Gasteiger partial charge on any atom is 0.332 e. The van der Waals surface area contributed by atoms with E-state index in [1.165, 1.54) is 12.8 Å². The summed E-state index contributed by atoms with van der Waals surface area (Å²) < 4.78 is 15.9. The molecule has 0 radical (unpaired) electrons. The second-order valence-electron chi connectivity index (χ2n) is 14.1. The van der Waals surface area contributed by atoms with Gasteiger partial charge < -0.3 is 19.3 Å². The molecule has 0 aliphatic heterocycles. The summed E-state index contributed by atoms with van der Waals surface area (Å²) in [6.45, 7) is 24.3. The van der Waals surface area contributed by atoms with Crippen LogP contribution in [-0.2, 0) is 23.8 Å². The summed E-state index contributed by atoms with van der Waals surface area (Å²) in [5.74, 6) is 0.193. The van der Waals surface area contributed by atoms with E-state index >= 15 is 0 Å². The molecule has 0 rings (SSSR count). The van der Waals surface area contributed by atoms with E-state index in [1.807, 2.05) is 53.7 Å². The second-order valence-corrected chi connectivity index (χ2v) is 14.1. The van der Waals surface area contributed by atoms with Crippen molar-refractivity contribution in [2.45, 2.75) is 152 Å². The van der Waals surface area contributed by atoms with Crippen LogP contribution < -0.4 is 0 Å². The van der Waals surface area contributed by atoms with Gasteiger partial charge in [0.1, 0.15) is 0 Å². The molecule has 0 bridgehead atoms. The van der Waals surface area contributed by atoms with E-state index in [9.17, 15) is 14.7 Å². The molecule has 0 aliphatic rings. The average molecular weight is 621 g/mol. The second kappa shape index (κ2) is 23.2. The lowest BCUT2D eigenvalue weighted by Crippen LogP contribution is -2.22. The van der Waals surface area contributed by atoms with Gasteiger partial charge in [0.15, 0.2) is 0 Å². The van der Waals surface area contributed by atoms with E-state index < -0.39 is 5.97 Å². The number of carboxylic acid groups (broad SMARTS) is 1. The smallest absolute Gasteiger partial charge is 0.332 e. The third kappa shape index (κ3) is 24.2. The summed E-state index contributed by atoms with van der Waals surface area (Å²) in [5.41, 5.74) is 2.23. The predicted octanol–water partition coefficient (Wildman–Crippen LogP) is 10.3. The largest absolute Gasteiger partial charge is 0.478 e. The molecule has 0 aliphatic carbocycles. The first-order valence-electron chi connectivity index (χ1n) is 16.5. The van der Waals surface area contributed by atoms with E-state index in [4.69, 9.17) is 14.2 Å². The summed E-state index contributed by atoms with van der Waals surface area (Å²) in [7, 11) is 3.53. The molecule has 256 valence electrons. The van der Waals surface area contributed by atoms with Gasteiger partial charge >= 0.3 is 11.9 Å². The lowest BCUT2D eigenvalue weighted by molar-refractivity contribution is -0.141. The summed E-state index contributed by atoms with van der Waals surface area (Å²) >= 11 is 0. The molecule has 0 saturated carbocycles. The van der Waals surface area contributed by atoms with Crippen LogP contribution in [0.25, 0.3) is 0 Å². The van der Waals surface area contributed by atoms with Crippen molar-refractivity contribution < 1.29 is 28.9 Å². The normalized spacial score (nSPS) is 15.0. The minimum atomic E-state index is -0.813. The van der Waals surface area contributed by atoms with Crippen molar-refractivity contribution in [1.29, 1.82) is 0 Å². The molecule has 0 aromatic carbocycles. The van der Waals surface area contributed by atoms with Crippen molar-refractivity contribution in [2.75, 3.05) is 14.2 Å². The zero-order valence-electron chi connectivity index (χ0n) is 30.8. The van der Waals surface area contributed by atoms with Crippen molar-refractivity contribution >= 4 is 11.9 Å². The van der Waals surface area contributed by atoms with Gasteiger partial charge in [0.25, 0.3) is 0 Å². The van der Waals surface area contributed by atoms with E-state index in [2.05, 4.69) is 53.7 Å². The van der Waals surface area contributed by atoms with Gasteiger partial charge in [0.2, 0.25) is 0 Å². The van der Waals surface area contributed by atoms with E-state index in [0.29, 0.717) is 17.4 Å². The highest BCUT2D eigenvalue weighted by molar-refractivity contribution is 5.88. The van der Waals surface area contributed by atoms with Gasteiger partial charge in [-0.05, 0) is 110 Å². The maximum absolute atomic E-state index is 11.5. The summed E-state index contributed by atoms with van der Waals surface area (Å²) in [6, 6.07) is 0. The van der Waals surface area contributed by atoms with Crippen LogP contribution in [0.4, 0.5) is 0 Å². The van der Waals surface area contributed by atoms with Crippen molar-refractivity contribution in [3.05, 3.63) is 47.1 Å². The van der Waals surface area contributed by atoms with Crippen LogP contribution in [0.2, 0.25) is 0 Å². The first-order chi connectivity index (χ1) is 20.3. The molecule has 0 fully saturated rings. The molecule has 6 heteroatoms. The SMILES string of the molecule is COC(C)(C)CCCC(C)C/C=C/C(C)=C/C(=O)OC(C)C.COC(C)(C)CCCC(C)CC=CC(C)=C(C(=O)O)C(C)C. The van der Waals surface area contributed by atoms with Crippen LogP contribution in [0.1, 0.15) is 134 Å². The van der Waals surface area contributed by atoms with Gasteiger partial charge in [-0.3, -0.25) is 0 Å². The van der Waals surface area contributed by atoms with Crippen LogP contribution in [0.5, 0.6) is 0 Å². The number of hydrogen-bond acceptors (Lipinski definition) is 5. The number of esters is 1. The number of ether oxygens (including phenoxy) is 3. The summed E-state index contributed by atoms with van der Waals surface area (Å²) in [4.78, 5) is 22.7. The Kier molecular flexibility index (Phi) is 23.2. The summed E-state index contributed by atoms with van der Waals surface area (Å²) in [5, 5.41) is 9.23. The number of carbonyl (C=O) groups excluding carboxylic acids is 1. The molecule has 1 N–H and O–H groups in total. The maximum atomic E-state index is 11.5. The highest BCUT2D eigenvalue weighted by Gasteiger charge is 2.17. The Morgan fingerprint density at radius 2 is 1.18 bits per heavy atom. The topological polar surface area (TPSA) is 82.1 Å². The first kappa shape index (κ1) is 43.9. The lowest BCUT2D eigenvalue weighted by Gasteiger charge is -2.23. The molecule has 0 amide bonds. The molecule has 2 atom stereocenters. The highest BCUT2D eigenvalue weighted by Crippen LogP contribution is 2.22. The molecule has 6 nitrogen and oxygen atoms in total. The average Bonchev–Trinajstić information content (AvgIpc) is 2.87. The van der Waals surface area contributed by atoms with Crippen molar-refractivity contribution in [3.8, 4) is 0 Å². The van der Waals surface area contributed by atoms with Crippen molar-refractivity contribution in [1.82, 2.24) is 0 Å². The van der Waals surface area contributed by atoms with Gasteiger partial charge in [-0.1, -0.05) is 77.7 Å². The van der Waals surface area contributed by atoms with Gasteiger partial charge in [0, 0.05) is 25.9 Å². The molecule has 2 unspecified atom stereocenters. The molecule has 0 heterocycles. The number of aliphatic carboxylic acids is 1. The van der Waals surface area contributed by atoms with E-state index in [0.717, 1.165) is 49.7 Å². The first-order valence-corrected chi connectivity index (χ1v) is 16.5. The van der Waals surface area contributed by atoms with Crippen molar-refractivity contribution in [2.24, 2.45) is 17.8 Å². The predicted molar refractivity (Wildman–Crippen MR) is 186 cm³/mol. The Bertz CT molecular complexity index is 931. The zero-order chi connectivity index (χ0) is 34.5. The third-order valence-corrected chi connectivity index (χ3v) is 7.81. The fourth-order valence-corrected chi connectivity index (χ4v) is 4.62. The Morgan fingerprint density at radius 3 is 1.55 bits per heavy atom. The number of carboxylic acids is 1. The Balaban J connectivity index is 0. The van der Waals surface area contributed by atoms with Gasteiger partial charge in [0.05, 0.1) is 17.3 Å². The van der Waals surface area contributed by atoms with E-state index in [1.54, 1.807) is 20.3 Å². The Labute approximate surface area is 271 Å². The van der Waals surface area contributed by atoms with E-state index in [-0.39, 0.29) is 29.2 Å². The van der Waals surface area contributed by atoms with Gasteiger partial charge in [-0.15, -0.1) is 0 Å². The minimum Gasteiger partial charge on any atom is -0.478 e. The Hall–Kier alpha value is -2.18. The molecular weight excluding hydrogens is 552 g/mol. The Morgan fingerprint density at radius 1 is 0.750 bits per heavy atom. The third-order valence-electron chi connectivity index (χ3n) is 7.81. The molecule has 0 aromatic heterocycles. The highest BCUT2D eigenvalue weighted by atomic mass is 16.5. The minimum absolute atomic E-state index is 0.0222. The number of rotatable bonds is 20. The van der Waals surface area contributed by atoms with Crippen LogP contribution in [0.15, 0.2) is 47.1 Å². The molecule has 0 aromatic rings. The van der Waals surface area contributed by atoms with Crippen molar-refractivity contribution in [3.63, 3.8) is 0 Å². The molecule has 0 spiro atoms.